The number of nitrogens with one attached hydrogen (secondary N) is 1. The molecule has 1 aliphatic heterocycles. The Labute approximate surface area is 152 Å². The summed E-state index contributed by atoms with van der Waals surface area (Å²) in [6, 6.07) is 9.33. The van der Waals surface area contributed by atoms with Crippen LogP contribution < -0.4 is 5.32 Å². The van der Waals surface area contributed by atoms with Crippen molar-refractivity contribution in [2.75, 3.05) is 13.1 Å². The number of aliphatic carboxylic acids is 1. The molecule has 3 rings (SSSR count). The van der Waals surface area contributed by atoms with Crippen LogP contribution in [0.4, 0.5) is 0 Å². The van der Waals surface area contributed by atoms with Crippen LogP contribution in [0.3, 0.4) is 0 Å². The van der Waals surface area contributed by atoms with Crippen molar-refractivity contribution in [3.8, 4) is 0 Å². The van der Waals surface area contributed by atoms with Gasteiger partial charge in [0.25, 0.3) is 0 Å². The van der Waals surface area contributed by atoms with Crippen molar-refractivity contribution in [1.82, 2.24) is 20.2 Å². The molecule has 1 fully saturated rings. The van der Waals surface area contributed by atoms with Gasteiger partial charge in [0, 0.05) is 38.2 Å². The van der Waals surface area contributed by atoms with Crippen molar-refractivity contribution in [2.45, 2.75) is 19.5 Å². The molecule has 7 nitrogen and oxygen atoms in total. The number of hydrogen-bond donors (Lipinski definition) is 2. The highest BCUT2D eigenvalue weighted by Crippen LogP contribution is 2.24. The van der Waals surface area contributed by atoms with Gasteiger partial charge in [-0.1, -0.05) is 12.1 Å². The van der Waals surface area contributed by atoms with Gasteiger partial charge in [-0.05, 0) is 30.2 Å². The van der Waals surface area contributed by atoms with Crippen LogP contribution in [0, 0.1) is 11.8 Å². The van der Waals surface area contributed by atoms with Gasteiger partial charge in [0.15, 0.2) is 0 Å². The molecule has 2 aromatic rings. The van der Waals surface area contributed by atoms with E-state index in [0.717, 1.165) is 11.3 Å². The summed E-state index contributed by atoms with van der Waals surface area (Å²) in [6.07, 6.45) is 5.50. The summed E-state index contributed by atoms with van der Waals surface area (Å²) in [5.41, 5.74) is 1.78. The summed E-state index contributed by atoms with van der Waals surface area (Å²) >= 11 is 0. The van der Waals surface area contributed by atoms with Gasteiger partial charge in [-0.3, -0.25) is 24.5 Å². The zero-order chi connectivity index (χ0) is 18.4. The van der Waals surface area contributed by atoms with Crippen molar-refractivity contribution in [2.24, 2.45) is 11.8 Å². The number of aromatic nitrogens is 2. The molecular formula is C19H22N4O3. The molecular weight excluding hydrogens is 332 g/mol. The van der Waals surface area contributed by atoms with E-state index in [2.05, 4.69) is 15.3 Å². The average molecular weight is 354 g/mol. The predicted molar refractivity (Wildman–Crippen MR) is 94.8 cm³/mol. The van der Waals surface area contributed by atoms with Crippen LogP contribution in [-0.2, 0) is 22.7 Å². The van der Waals surface area contributed by atoms with Gasteiger partial charge in [-0.2, -0.15) is 0 Å². The molecule has 0 saturated carbocycles. The third-order valence-electron chi connectivity index (χ3n) is 4.55. The zero-order valence-corrected chi connectivity index (χ0v) is 14.4. The van der Waals surface area contributed by atoms with Crippen LogP contribution in [0.1, 0.15) is 17.7 Å². The summed E-state index contributed by atoms with van der Waals surface area (Å²) < 4.78 is 0. The molecule has 26 heavy (non-hydrogen) atoms. The molecule has 0 aromatic carbocycles. The highest BCUT2D eigenvalue weighted by Gasteiger charge is 2.35. The average Bonchev–Trinajstić information content (AvgIpc) is 2.67. The van der Waals surface area contributed by atoms with Crippen molar-refractivity contribution >= 4 is 11.9 Å². The number of carboxylic acid groups (broad SMARTS) is 1. The molecule has 1 amide bonds. The number of nitrogens with zero attached hydrogens (tertiary/aromatic N) is 3. The van der Waals surface area contributed by atoms with Gasteiger partial charge in [0.2, 0.25) is 5.91 Å². The first kappa shape index (κ1) is 18.0. The Kier molecular flexibility index (Phi) is 5.91. The predicted octanol–water partition coefficient (Wildman–Crippen LogP) is 1.32. The minimum atomic E-state index is -0.858. The quantitative estimate of drug-likeness (QED) is 0.812. The van der Waals surface area contributed by atoms with Gasteiger partial charge in [0.1, 0.15) is 0 Å². The molecule has 0 spiro atoms. The van der Waals surface area contributed by atoms with E-state index < -0.39 is 11.9 Å². The Balaban J connectivity index is 1.63. The second kappa shape index (κ2) is 8.53. The molecule has 2 aromatic heterocycles. The molecule has 0 unspecified atom stereocenters. The smallest absolute Gasteiger partial charge is 0.307 e. The van der Waals surface area contributed by atoms with Crippen LogP contribution in [0.25, 0.3) is 0 Å². The van der Waals surface area contributed by atoms with Crippen LogP contribution in [0.2, 0.25) is 0 Å². The molecule has 3 heterocycles. The number of carbonyl (C=O) groups is 2. The van der Waals surface area contributed by atoms with E-state index in [9.17, 15) is 14.7 Å². The van der Waals surface area contributed by atoms with Crippen LogP contribution >= 0.6 is 0 Å². The lowest BCUT2D eigenvalue weighted by Gasteiger charge is -2.35. The van der Waals surface area contributed by atoms with Gasteiger partial charge in [-0.25, -0.2) is 0 Å². The highest BCUT2D eigenvalue weighted by molar-refractivity contribution is 5.80. The van der Waals surface area contributed by atoms with E-state index in [1.54, 1.807) is 18.6 Å². The number of pyridine rings is 2. The summed E-state index contributed by atoms with van der Waals surface area (Å²) in [4.78, 5) is 34.4. The van der Waals surface area contributed by atoms with Gasteiger partial charge in [-0.15, -0.1) is 0 Å². The number of likely N-dealkylation sites (tertiary alicyclic amines) is 1. The third-order valence-corrected chi connectivity index (χ3v) is 4.55. The monoisotopic (exact) mass is 354 g/mol. The molecule has 1 saturated heterocycles. The Morgan fingerprint density at radius 2 is 2.00 bits per heavy atom. The van der Waals surface area contributed by atoms with Crippen LogP contribution in [-0.4, -0.2) is 44.9 Å². The summed E-state index contributed by atoms with van der Waals surface area (Å²) in [5.74, 6) is -1.89. The lowest BCUT2D eigenvalue weighted by atomic mass is 9.88. The topological polar surface area (TPSA) is 95.4 Å². The maximum absolute atomic E-state index is 12.6. The summed E-state index contributed by atoms with van der Waals surface area (Å²) in [5, 5.41) is 12.3. The van der Waals surface area contributed by atoms with E-state index in [0.29, 0.717) is 32.6 Å². The first-order valence-electron chi connectivity index (χ1n) is 8.63. The minimum absolute atomic E-state index is 0.127. The standard InChI is InChI=1S/C19H22N4O3/c24-18(22-10-17-5-1-2-7-21-17)15-8-16(19(25)26)13-23(12-15)11-14-4-3-6-20-9-14/h1-7,9,15-16H,8,10-13H2,(H,22,24)(H,25,26)/t15-,16+/m0/s1. The maximum Gasteiger partial charge on any atom is 0.307 e. The molecule has 2 N–H and O–H groups in total. The molecule has 0 radical (unpaired) electrons. The molecule has 7 heteroatoms. The van der Waals surface area contributed by atoms with Gasteiger partial charge >= 0.3 is 5.97 Å². The Morgan fingerprint density at radius 3 is 2.69 bits per heavy atom. The fourth-order valence-corrected chi connectivity index (χ4v) is 3.26. The number of carbonyl (C=O) groups excluding carboxylic acids is 1. The van der Waals surface area contributed by atoms with Gasteiger partial charge in [0.05, 0.1) is 24.1 Å². The minimum Gasteiger partial charge on any atom is -0.481 e. The summed E-state index contributed by atoms with van der Waals surface area (Å²) in [6.45, 7) is 1.90. The maximum atomic E-state index is 12.6. The first-order valence-corrected chi connectivity index (χ1v) is 8.63. The SMILES string of the molecule is O=C(O)[C@@H]1C[C@H](C(=O)NCc2ccccn2)CN(Cc2cccnc2)C1. The van der Waals surface area contributed by atoms with Crippen LogP contribution in [0.5, 0.6) is 0 Å². The zero-order valence-electron chi connectivity index (χ0n) is 14.4. The van der Waals surface area contributed by atoms with Crippen molar-refractivity contribution in [3.63, 3.8) is 0 Å². The largest absolute Gasteiger partial charge is 0.481 e. The lowest BCUT2D eigenvalue weighted by Crippen LogP contribution is -2.47. The van der Waals surface area contributed by atoms with Crippen LogP contribution in [0.15, 0.2) is 48.9 Å². The normalized spacial score (nSPS) is 20.5. The molecule has 0 aliphatic carbocycles. The van der Waals surface area contributed by atoms with E-state index in [1.807, 2.05) is 35.2 Å². The second-order valence-electron chi connectivity index (χ2n) is 6.56. The fraction of sp³-hybridized carbons (Fsp3) is 0.368. The Morgan fingerprint density at radius 1 is 1.15 bits per heavy atom. The van der Waals surface area contributed by atoms with Crippen molar-refractivity contribution in [1.29, 1.82) is 0 Å². The second-order valence-corrected chi connectivity index (χ2v) is 6.56. The molecule has 0 bridgehead atoms. The van der Waals surface area contributed by atoms with Gasteiger partial charge < -0.3 is 10.4 Å². The van der Waals surface area contributed by atoms with E-state index in [1.165, 1.54) is 0 Å². The highest BCUT2D eigenvalue weighted by atomic mass is 16.4. The Bertz CT molecular complexity index is 739. The lowest BCUT2D eigenvalue weighted by molar-refractivity contribution is -0.145. The van der Waals surface area contributed by atoms with E-state index in [4.69, 9.17) is 0 Å². The number of carboxylic acids is 1. The fourth-order valence-electron chi connectivity index (χ4n) is 3.26. The van der Waals surface area contributed by atoms with Crippen molar-refractivity contribution < 1.29 is 14.7 Å². The molecule has 1 aliphatic rings. The summed E-state index contributed by atoms with van der Waals surface area (Å²) in [7, 11) is 0. The van der Waals surface area contributed by atoms with E-state index in [-0.39, 0.29) is 11.8 Å². The number of rotatable bonds is 6. The molecule has 136 valence electrons. The molecule has 2 atom stereocenters. The Hall–Kier alpha value is -2.80. The number of amides is 1. The van der Waals surface area contributed by atoms with Crippen molar-refractivity contribution in [3.05, 3.63) is 60.2 Å². The number of piperidine rings is 1. The van der Waals surface area contributed by atoms with E-state index >= 15 is 0 Å². The third kappa shape index (κ3) is 4.86. The first-order chi connectivity index (χ1) is 12.6. The number of hydrogen-bond acceptors (Lipinski definition) is 5.